The number of aromatic nitrogens is 3. The summed E-state index contributed by atoms with van der Waals surface area (Å²) in [5.41, 5.74) is 5.70. The third kappa shape index (κ3) is 2.52. The van der Waals surface area contributed by atoms with Gasteiger partial charge in [-0.25, -0.2) is 9.67 Å². The Morgan fingerprint density at radius 3 is 2.90 bits per heavy atom. The van der Waals surface area contributed by atoms with Gasteiger partial charge in [-0.15, -0.1) is 0 Å². The molecule has 2 aliphatic rings. The molecule has 8 heteroatoms. The van der Waals surface area contributed by atoms with Crippen molar-refractivity contribution in [2.75, 3.05) is 7.05 Å². The molecule has 3 atom stereocenters. The minimum absolute atomic E-state index is 0.0851. The summed E-state index contributed by atoms with van der Waals surface area (Å²) in [5, 5.41) is 15.6. The van der Waals surface area contributed by atoms with Crippen molar-refractivity contribution < 1.29 is 14.7 Å². The van der Waals surface area contributed by atoms with E-state index in [4.69, 9.17) is 5.73 Å². The SMILES string of the molecule is CN1C(=O)[C@](O)(C#Cc2cccc(-n3nc(C(N)=O)c4cccnc43)c2)[C@@H]2C[C@@H]21. The molecule has 2 aromatic heterocycles. The van der Waals surface area contributed by atoms with Crippen LogP contribution in [0.15, 0.2) is 42.6 Å². The summed E-state index contributed by atoms with van der Waals surface area (Å²) in [5.74, 6) is 4.58. The largest absolute Gasteiger partial charge is 0.369 e. The Labute approximate surface area is 165 Å². The number of primary amides is 1. The van der Waals surface area contributed by atoms with Gasteiger partial charge in [0.2, 0.25) is 5.60 Å². The highest BCUT2D eigenvalue weighted by Crippen LogP contribution is 2.50. The van der Waals surface area contributed by atoms with Gasteiger partial charge in [-0.2, -0.15) is 5.10 Å². The summed E-state index contributed by atoms with van der Waals surface area (Å²) in [6.07, 6.45) is 2.38. The van der Waals surface area contributed by atoms with Crippen LogP contribution < -0.4 is 5.73 Å². The van der Waals surface area contributed by atoms with E-state index in [1.165, 1.54) is 4.68 Å². The lowest BCUT2D eigenvalue weighted by Gasteiger charge is -2.18. The van der Waals surface area contributed by atoms with Gasteiger partial charge in [0.05, 0.1) is 11.1 Å². The number of carbonyl (C=O) groups is 2. The maximum atomic E-state index is 12.3. The zero-order chi connectivity index (χ0) is 20.3. The summed E-state index contributed by atoms with van der Waals surface area (Å²) in [6, 6.07) is 10.7. The topological polar surface area (TPSA) is 114 Å². The Balaban J connectivity index is 1.55. The predicted molar refractivity (Wildman–Crippen MR) is 104 cm³/mol. The predicted octanol–water partition coefficient (Wildman–Crippen LogP) is 0.462. The second kappa shape index (κ2) is 5.90. The summed E-state index contributed by atoms with van der Waals surface area (Å²) in [4.78, 5) is 29.9. The number of carbonyl (C=O) groups excluding carboxylic acids is 2. The fraction of sp³-hybridized carbons (Fsp3) is 0.238. The number of hydrogen-bond donors (Lipinski definition) is 2. The number of piperidine rings is 1. The molecule has 5 rings (SSSR count). The van der Waals surface area contributed by atoms with Gasteiger partial charge in [0.1, 0.15) is 0 Å². The maximum absolute atomic E-state index is 12.3. The van der Waals surface area contributed by atoms with E-state index in [0.29, 0.717) is 22.3 Å². The van der Waals surface area contributed by atoms with Gasteiger partial charge in [-0.05, 0) is 36.8 Å². The first-order chi connectivity index (χ1) is 13.9. The summed E-state index contributed by atoms with van der Waals surface area (Å²) < 4.78 is 1.53. The molecule has 1 aromatic carbocycles. The quantitative estimate of drug-likeness (QED) is 0.620. The Morgan fingerprint density at radius 1 is 1.34 bits per heavy atom. The molecule has 144 valence electrons. The number of nitrogens with two attached hydrogens (primary N) is 1. The van der Waals surface area contributed by atoms with Crippen molar-refractivity contribution in [3.8, 4) is 17.5 Å². The van der Waals surface area contributed by atoms with Crippen molar-refractivity contribution in [3.63, 3.8) is 0 Å². The van der Waals surface area contributed by atoms with Crippen molar-refractivity contribution >= 4 is 22.8 Å². The standard InChI is InChI=1S/C21H17N5O3/c1-25-16-11-15(16)21(29,20(25)28)8-7-12-4-2-5-13(10-12)26-19-14(6-3-9-23-19)17(24-26)18(22)27/h2-6,9-10,15-16,29H,11H2,1H3,(H2,22,27)/t15-,16+,21+/m1/s1. The molecule has 3 heterocycles. The molecule has 2 amide bonds. The molecule has 1 aliphatic carbocycles. The average molecular weight is 387 g/mol. The third-order valence-corrected chi connectivity index (χ3v) is 5.60. The highest BCUT2D eigenvalue weighted by molar-refractivity contribution is 6.03. The van der Waals surface area contributed by atoms with Gasteiger partial charge in [0.15, 0.2) is 11.3 Å². The number of likely N-dealkylation sites (tertiary alicyclic amines) is 1. The van der Waals surface area contributed by atoms with E-state index in [1.807, 2.05) is 0 Å². The average Bonchev–Trinajstić information content (AvgIpc) is 3.40. The van der Waals surface area contributed by atoms with E-state index < -0.39 is 11.5 Å². The Bertz CT molecular complexity index is 1250. The molecule has 0 bridgehead atoms. The van der Waals surface area contributed by atoms with Gasteiger partial charge in [-0.3, -0.25) is 9.59 Å². The normalized spacial score (nSPS) is 24.9. The van der Waals surface area contributed by atoms with Crippen LogP contribution in [-0.4, -0.2) is 55.3 Å². The van der Waals surface area contributed by atoms with Crippen LogP contribution >= 0.6 is 0 Å². The lowest BCUT2D eigenvalue weighted by molar-refractivity contribution is -0.140. The minimum Gasteiger partial charge on any atom is -0.369 e. The lowest BCUT2D eigenvalue weighted by Crippen LogP contribution is -2.41. The summed E-state index contributed by atoms with van der Waals surface area (Å²) >= 11 is 0. The molecule has 2 fully saturated rings. The van der Waals surface area contributed by atoms with Crippen molar-refractivity contribution in [1.29, 1.82) is 0 Å². The maximum Gasteiger partial charge on any atom is 0.269 e. The minimum atomic E-state index is -1.63. The van der Waals surface area contributed by atoms with Crippen molar-refractivity contribution in [2.45, 2.75) is 18.1 Å². The Kier molecular flexibility index (Phi) is 3.54. The fourth-order valence-electron chi connectivity index (χ4n) is 3.98. The van der Waals surface area contributed by atoms with E-state index >= 15 is 0 Å². The van der Waals surface area contributed by atoms with E-state index in [1.54, 1.807) is 54.5 Å². The van der Waals surface area contributed by atoms with Crippen molar-refractivity contribution in [2.24, 2.45) is 11.7 Å². The van der Waals surface area contributed by atoms with Crippen LogP contribution in [0.3, 0.4) is 0 Å². The van der Waals surface area contributed by atoms with Crippen LogP contribution in [0.25, 0.3) is 16.7 Å². The molecule has 3 N–H and O–H groups in total. The fourth-order valence-corrected chi connectivity index (χ4v) is 3.98. The first-order valence-corrected chi connectivity index (χ1v) is 9.17. The van der Waals surface area contributed by atoms with Gasteiger partial charge in [-0.1, -0.05) is 17.9 Å². The number of likely N-dealkylation sites (N-methyl/N-ethyl adjacent to an activating group) is 1. The van der Waals surface area contributed by atoms with Gasteiger partial charge in [0.25, 0.3) is 11.8 Å². The van der Waals surface area contributed by atoms with Gasteiger partial charge >= 0.3 is 0 Å². The molecule has 3 aromatic rings. The second-order valence-electron chi connectivity index (χ2n) is 7.39. The van der Waals surface area contributed by atoms with Gasteiger partial charge < -0.3 is 15.7 Å². The van der Waals surface area contributed by atoms with Crippen molar-refractivity contribution in [1.82, 2.24) is 19.7 Å². The Morgan fingerprint density at radius 2 is 2.17 bits per heavy atom. The zero-order valence-corrected chi connectivity index (χ0v) is 15.5. The number of benzene rings is 1. The number of hydrogen-bond acceptors (Lipinski definition) is 5. The van der Waals surface area contributed by atoms with Crippen LogP contribution in [0.5, 0.6) is 0 Å². The first kappa shape index (κ1) is 17.4. The van der Waals surface area contributed by atoms with Gasteiger partial charge in [0, 0.05) is 30.8 Å². The summed E-state index contributed by atoms with van der Waals surface area (Å²) in [6.45, 7) is 0. The molecule has 0 spiro atoms. The molecular weight excluding hydrogens is 370 g/mol. The number of aliphatic hydroxyl groups is 1. The van der Waals surface area contributed by atoms with Crippen LogP contribution in [0.2, 0.25) is 0 Å². The van der Waals surface area contributed by atoms with Crippen LogP contribution in [0.1, 0.15) is 22.5 Å². The molecule has 1 saturated carbocycles. The molecule has 0 unspecified atom stereocenters. The summed E-state index contributed by atoms with van der Waals surface area (Å²) in [7, 11) is 1.69. The highest BCUT2D eigenvalue weighted by Gasteiger charge is 2.66. The number of rotatable bonds is 2. The smallest absolute Gasteiger partial charge is 0.269 e. The van der Waals surface area contributed by atoms with Crippen molar-refractivity contribution in [3.05, 3.63) is 53.9 Å². The van der Waals surface area contributed by atoms with Crippen LogP contribution in [0, 0.1) is 17.8 Å². The monoisotopic (exact) mass is 387 g/mol. The molecule has 0 radical (unpaired) electrons. The number of fused-ring (bicyclic) bond motifs is 2. The van der Waals surface area contributed by atoms with E-state index in [9.17, 15) is 14.7 Å². The highest BCUT2D eigenvalue weighted by atomic mass is 16.3. The Hall–Kier alpha value is -3.70. The molecule has 1 aliphatic heterocycles. The molecule has 29 heavy (non-hydrogen) atoms. The van der Waals surface area contributed by atoms with E-state index in [0.717, 1.165) is 6.42 Å². The lowest BCUT2D eigenvalue weighted by atomic mass is 9.99. The van der Waals surface area contributed by atoms with E-state index in [2.05, 4.69) is 21.9 Å². The number of pyridine rings is 1. The second-order valence-corrected chi connectivity index (χ2v) is 7.39. The number of amides is 2. The first-order valence-electron chi connectivity index (χ1n) is 9.17. The molecule has 1 saturated heterocycles. The van der Waals surface area contributed by atoms with Crippen LogP contribution in [0.4, 0.5) is 0 Å². The third-order valence-electron chi connectivity index (χ3n) is 5.60. The van der Waals surface area contributed by atoms with E-state index in [-0.39, 0.29) is 23.6 Å². The molecule has 8 nitrogen and oxygen atoms in total. The molecular formula is C21H17N5O3. The van der Waals surface area contributed by atoms with Crippen LogP contribution in [-0.2, 0) is 4.79 Å². The zero-order valence-electron chi connectivity index (χ0n) is 15.5. The number of nitrogens with zero attached hydrogens (tertiary/aromatic N) is 4.